The number of nitrogens with zero attached hydrogens (tertiary/aromatic N) is 2. The quantitative estimate of drug-likeness (QED) is 0.559. The lowest BCUT2D eigenvalue weighted by atomic mass is 9.97. The zero-order chi connectivity index (χ0) is 22.8. The maximum Gasteiger partial charge on any atom is 0.418 e. The van der Waals surface area contributed by atoms with Crippen molar-refractivity contribution in [2.75, 3.05) is 0 Å². The topological polar surface area (TPSA) is 54.9 Å². The number of benzene rings is 1. The molecule has 0 aliphatic rings. The van der Waals surface area contributed by atoms with E-state index in [1.54, 1.807) is 13.0 Å². The van der Waals surface area contributed by atoms with Crippen molar-refractivity contribution in [1.82, 2.24) is 15.3 Å². The largest absolute Gasteiger partial charge is 0.418 e. The van der Waals surface area contributed by atoms with Crippen LogP contribution >= 0.6 is 0 Å². The van der Waals surface area contributed by atoms with E-state index in [0.717, 1.165) is 42.6 Å². The van der Waals surface area contributed by atoms with Crippen LogP contribution in [0.15, 0.2) is 60.9 Å². The average molecular weight is 439 g/mol. The van der Waals surface area contributed by atoms with Gasteiger partial charge in [-0.25, -0.2) is 0 Å². The minimum absolute atomic E-state index is 0.00520. The van der Waals surface area contributed by atoms with Gasteiger partial charge in [0.1, 0.15) is 0 Å². The first-order chi connectivity index (χ1) is 14.5. The smallest absolute Gasteiger partial charge is 0.339 e. The molecular formula is C21H15F6N3O. The molecule has 0 radical (unpaired) electrons. The fourth-order valence-corrected chi connectivity index (χ4v) is 2.88. The first kappa shape index (κ1) is 22.3. The highest BCUT2D eigenvalue weighted by Crippen LogP contribution is 2.36. The molecule has 1 aromatic carbocycles. The molecule has 2 aromatic heterocycles. The van der Waals surface area contributed by atoms with E-state index < -0.39 is 41.1 Å². The summed E-state index contributed by atoms with van der Waals surface area (Å²) in [4.78, 5) is 20.4. The molecule has 1 N–H and O–H groups in total. The van der Waals surface area contributed by atoms with Crippen molar-refractivity contribution in [3.8, 4) is 0 Å². The molecule has 0 saturated carbocycles. The summed E-state index contributed by atoms with van der Waals surface area (Å²) < 4.78 is 79.3. The first-order valence-electron chi connectivity index (χ1n) is 8.89. The Balaban J connectivity index is 2.07. The van der Waals surface area contributed by atoms with Gasteiger partial charge in [0.2, 0.25) is 0 Å². The molecule has 0 saturated heterocycles. The van der Waals surface area contributed by atoms with Crippen molar-refractivity contribution >= 4 is 5.91 Å². The Kier molecular flexibility index (Phi) is 6.01. The van der Waals surface area contributed by atoms with Gasteiger partial charge in [-0.2, -0.15) is 26.3 Å². The molecular weight excluding hydrogens is 424 g/mol. The second-order valence-electron chi connectivity index (χ2n) is 6.65. The molecule has 0 unspecified atom stereocenters. The van der Waals surface area contributed by atoms with Gasteiger partial charge in [0.05, 0.1) is 28.4 Å². The van der Waals surface area contributed by atoms with Crippen LogP contribution in [0.3, 0.4) is 0 Å². The highest BCUT2D eigenvalue weighted by Gasteiger charge is 2.37. The number of pyridine rings is 2. The van der Waals surface area contributed by atoms with Crippen molar-refractivity contribution in [2.45, 2.75) is 25.3 Å². The Morgan fingerprint density at radius 2 is 1.58 bits per heavy atom. The number of amides is 1. The number of carbonyl (C=O) groups excluding carboxylic acids is 1. The summed E-state index contributed by atoms with van der Waals surface area (Å²) >= 11 is 0. The van der Waals surface area contributed by atoms with Gasteiger partial charge in [-0.15, -0.1) is 0 Å². The minimum atomic E-state index is -4.79. The molecule has 1 amide bonds. The molecule has 3 aromatic rings. The number of hydrogen-bond donors (Lipinski definition) is 1. The summed E-state index contributed by atoms with van der Waals surface area (Å²) in [6.07, 6.45) is -7.05. The van der Waals surface area contributed by atoms with E-state index in [1.807, 2.05) is 0 Å². The van der Waals surface area contributed by atoms with Gasteiger partial charge in [0.15, 0.2) is 0 Å². The van der Waals surface area contributed by atoms with Gasteiger partial charge in [-0.3, -0.25) is 14.8 Å². The number of hydrogen-bond acceptors (Lipinski definition) is 3. The third-order valence-electron chi connectivity index (χ3n) is 4.44. The van der Waals surface area contributed by atoms with Crippen LogP contribution < -0.4 is 5.32 Å². The molecule has 0 spiro atoms. The molecule has 162 valence electrons. The standard InChI is InChI=1S/C21H15F6N3O/c1-12-4-5-14(11-29-12)19(31)30-17(13-6-8-15(9-7-13)20(22,23)24)18-16(21(25,26)27)3-2-10-28-18/h2-11,17H,1H3,(H,30,31)/t17-/m0/s1. The Hall–Kier alpha value is -3.43. The lowest BCUT2D eigenvalue weighted by Gasteiger charge is -2.23. The van der Waals surface area contributed by atoms with Gasteiger partial charge < -0.3 is 5.32 Å². The summed E-state index contributed by atoms with van der Waals surface area (Å²) in [5.41, 5.74) is -1.91. The molecule has 0 aliphatic heterocycles. The van der Waals surface area contributed by atoms with E-state index in [0.29, 0.717) is 5.69 Å². The predicted molar refractivity (Wildman–Crippen MR) is 99.0 cm³/mol. The first-order valence-corrected chi connectivity index (χ1v) is 8.89. The van der Waals surface area contributed by atoms with Crippen molar-refractivity contribution < 1.29 is 31.1 Å². The SMILES string of the molecule is Cc1ccc(C(=O)N[C@@H](c2ccc(C(F)(F)F)cc2)c2ncccc2C(F)(F)F)cn1. The highest BCUT2D eigenvalue weighted by molar-refractivity contribution is 5.94. The van der Waals surface area contributed by atoms with Crippen LogP contribution in [-0.2, 0) is 12.4 Å². The number of aryl methyl sites for hydroxylation is 1. The lowest BCUT2D eigenvalue weighted by Crippen LogP contribution is -2.31. The monoisotopic (exact) mass is 439 g/mol. The Morgan fingerprint density at radius 1 is 0.903 bits per heavy atom. The maximum atomic E-state index is 13.5. The summed E-state index contributed by atoms with van der Waals surface area (Å²) in [7, 11) is 0. The second-order valence-corrected chi connectivity index (χ2v) is 6.65. The molecule has 31 heavy (non-hydrogen) atoms. The molecule has 4 nitrogen and oxygen atoms in total. The second kappa shape index (κ2) is 8.37. The van der Waals surface area contributed by atoms with Gasteiger partial charge >= 0.3 is 12.4 Å². The fraction of sp³-hybridized carbons (Fsp3) is 0.190. The molecule has 1 atom stereocenters. The highest BCUT2D eigenvalue weighted by atomic mass is 19.4. The zero-order valence-corrected chi connectivity index (χ0v) is 15.9. The van der Waals surface area contributed by atoms with Crippen molar-refractivity contribution in [3.05, 3.63) is 94.6 Å². The summed E-state index contributed by atoms with van der Waals surface area (Å²) in [5.74, 6) is -0.754. The van der Waals surface area contributed by atoms with E-state index in [-0.39, 0.29) is 11.1 Å². The van der Waals surface area contributed by atoms with Crippen LogP contribution in [0.25, 0.3) is 0 Å². The molecule has 0 bridgehead atoms. The van der Waals surface area contributed by atoms with Crippen LogP contribution in [0, 0.1) is 6.92 Å². The molecule has 0 aliphatic carbocycles. The van der Waals surface area contributed by atoms with Crippen LogP contribution in [-0.4, -0.2) is 15.9 Å². The Labute approximate surface area is 173 Å². The van der Waals surface area contributed by atoms with Crippen LogP contribution in [0.5, 0.6) is 0 Å². The van der Waals surface area contributed by atoms with E-state index in [4.69, 9.17) is 0 Å². The normalized spacial score (nSPS) is 13.0. The number of aromatic nitrogens is 2. The Bertz CT molecular complexity index is 1060. The number of halogens is 6. The molecule has 3 rings (SSSR count). The van der Waals surface area contributed by atoms with Crippen molar-refractivity contribution in [2.24, 2.45) is 0 Å². The third kappa shape index (κ3) is 5.19. The van der Waals surface area contributed by atoms with Crippen LogP contribution in [0.4, 0.5) is 26.3 Å². The van der Waals surface area contributed by atoms with Gasteiger partial charge in [0.25, 0.3) is 5.91 Å². The number of alkyl halides is 6. The van der Waals surface area contributed by atoms with Crippen molar-refractivity contribution in [1.29, 1.82) is 0 Å². The number of carbonyl (C=O) groups is 1. The molecule has 0 fully saturated rings. The average Bonchev–Trinajstić information content (AvgIpc) is 2.71. The van der Waals surface area contributed by atoms with Gasteiger partial charge in [0, 0.05) is 18.1 Å². The molecule has 2 heterocycles. The zero-order valence-electron chi connectivity index (χ0n) is 15.9. The van der Waals surface area contributed by atoms with E-state index in [1.165, 1.54) is 12.3 Å². The third-order valence-corrected chi connectivity index (χ3v) is 4.44. The lowest BCUT2D eigenvalue weighted by molar-refractivity contribution is -0.139. The maximum absolute atomic E-state index is 13.5. The van der Waals surface area contributed by atoms with Gasteiger partial charge in [-0.05, 0) is 48.9 Å². The van der Waals surface area contributed by atoms with Gasteiger partial charge in [-0.1, -0.05) is 12.1 Å². The Morgan fingerprint density at radius 3 is 2.13 bits per heavy atom. The molecule has 10 heteroatoms. The van der Waals surface area contributed by atoms with Crippen LogP contribution in [0.1, 0.15) is 44.5 Å². The van der Waals surface area contributed by atoms with Crippen LogP contribution in [0.2, 0.25) is 0 Å². The van der Waals surface area contributed by atoms with E-state index >= 15 is 0 Å². The fourth-order valence-electron chi connectivity index (χ4n) is 2.88. The number of nitrogens with one attached hydrogen (secondary N) is 1. The number of rotatable bonds is 4. The predicted octanol–water partition coefficient (Wildman–Crippen LogP) is 5.34. The van der Waals surface area contributed by atoms with E-state index in [2.05, 4.69) is 15.3 Å². The van der Waals surface area contributed by atoms with Crippen molar-refractivity contribution in [3.63, 3.8) is 0 Å². The summed E-state index contributed by atoms with van der Waals surface area (Å²) in [6, 6.07) is 6.89. The summed E-state index contributed by atoms with van der Waals surface area (Å²) in [6.45, 7) is 1.69. The van der Waals surface area contributed by atoms with E-state index in [9.17, 15) is 31.1 Å². The summed E-state index contributed by atoms with van der Waals surface area (Å²) in [5, 5.41) is 2.43. The minimum Gasteiger partial charge on any atom is -0.339 e.